The van der Waals surface area contributed by atoms with Gasteiger partial charge in [0.1, 0.15) is 0 Å². The van der Waals surface area contributed by atoms with Crippen LogP contribution in [0.15, 0.2) is 18.2 Å². The van der Waals surface area contributed by atoms with Crippen LogP contribution < -0.4 is 10.0 Å². The molecule has 24 heavy (non-hydrogen) atoms. The highest BCUT2D eigenvalue weighted by Gasteiger charge is 2.26. The van der Waals surface area contributed by atoms with Gasteiger partial charge < -0.3 is 5.32 Å². The average Bonchev–Trinajstić information content (AvgIpc) is 2.51. The molecular weight excluding hydrogens is 320 g/mol. The molecule has 1 aliphatic carbocycles. The monoisotopic (exact) mass is 350 g/mol. The summed E-state index contributed by atoms with van der Waals surface area (Å²) in [6.07, 6.45) is 5.27. The first-order valence-corrected chi connectivity index (χ1v) is 10.9. The Bertz CT molecular complexity index is 660. The van der Waals surface area contributed by atoms with Crippen molar-refractivity contribution in [1.29, 1.82) is 0 Å². The SMILES string of the molecule is CC(C)c1ccc(C2CCNCC2)c(CS(=O)(=O)NC2CCC2)c1. The third-order valence-electron chi connectivity index (χ3n) is 5.41. The molecule has 1 aliphatic heterocycles. The Morgan fingerprint density at radius 2 is 1.88 bits per heavy atom. The predicted octanol–water partition coefficient (Wildman–Crippen LogP) is 3.25. The van der Waals surface area contributed by atoms with Crippen LogP contribution in [0.25, 0.3) is 0 Å². The quantitative estimate of drug-likeness (QED) is 0.828. The van der Waals surface area contributed by atoms with Crippen molar-refractivity contribution < 1.29 is 8.42 Å². The summed E-state index contributed by atoms with van der Waals surface area (Å²) in [4.78, 5) is 0. The maximum atomic E-state index is 12.6. The Morgan fingerprint density at radius 1 is 1.17 bits per heavy atom. The lowest BCUT2D eigenvalue weighted by molar-refractivity contribution is 0.383. The van der Waals surface area contributed by atoms with Crippen LogP contribution in [0, 0.1) is 0 Å². The molecule has 0 amide bonds. The van der Waals surface area contributed by atoms with Crippen molar-refractivity contribution in [3.8, 4) is 0 Å². The highest BCUT2D eigenvalue weighted by molar-refractivity contribution is 7.88. The topological polar surface area (TPSA) is 58.2 Å². The van der Waals surface area contributed by atoms with Crippen LogP contribution >= 0.6 is 0 Å². The van der Waals surface area contributed by atoms with Crippen molar-refractivity contribution in [3.63, 3.8) is 0 Å². The summed E-state index contributed by atoms with van der Waals surface area (Å²) < 4.78 is 28.1. The molecule has 0 atom stereocenters. The minimum absolute atomic E-state index is 0.114. The molecule has 1 saturated carbocycles. The van der Waals surface area contributed by atoms with E-state index in [2.05, 4.69) is 42.1 Å². The summed E-state index contributed by atoms with van der Waals surface area (Å²) >= 11 is 0. The van der Waals surface area contributed by atoms with Crippen LogP contribution in [0.1, 0.15) is 74.5 Å². The van der Waals surface area contributed by atoms with E-state index in [1.165, 1.54) is 11.1 Å². The number of rotatable bonds is 6. The Hall–Kier alpha value is -0.910. The molecule has 0 radical (unpaired) electrons. The van der Waals surface area contributed by atoms with Crippen molar-refractivity contribution in [2.45, 2.75) is 69.6 Å². The van der Waals surface area contributed by atoms with Gasteiger partial charge in [0.2, 0.25) is 10.0 Å². The molecule has 134 valence electrons. The molecule has 0 unspecified atom stereocenters. The number of hydrogen-bond acceptors (Lipinski definition) is 3. The Kier molecular flexibility index (Phi) is 5.63. The molecule has 1 aromatic rings. The summed E-state index contributed by atoms with van der Waals surface area (Å²) in [6, 6.07) is 6.64. The molecule has 0 spiro atoms. The first-order chi connectivity index (χ1) is 11.4. The highest BCUT2D eigenvalue weighted by Crippen LogP contribution is 2.31. The average molecular weight is 351 g/mol. The molecule has 0 aromatic heterocycles. The zero-order valence-corrected chi connectivity index (χ0v) is 15.7. The molecule has 2 fully saturated rings. The van der Waals surface area contributed by atoms with E-state index in [-0.39, 0.29) is 11.8 Å². The molecule has 2 aliphatic rings. The van der Waals surface area contributed by atoms with Gasteiger partial charge in [0, 0.05) is 6.04 Å². The van der Waals surface area contributed by atoms with Gasteiger partial charge in [0.25, 0.3) is 0 Å². The van der Waals surface area contributed by atoms with E-state index in [1.807, 2.05) is 0 Å². The zero-order valence-electron chi connectivity index (χ0n) is 14.8. The molecule has 1 aromatic carbocycles. The van der Waals surface area contributed by atoms with E-state index < -0.39 is 10.0 Å². The van der Waals surface area contributed by atoms with Gasteiger partial charge in [0.05, 0.1) is 5.75 Å². The number of sulfonamides is 1. The maximum Gasteiger partial charge on any atom is 0.216 e. The first kappa shape index (κ1) is 17.9. The Balaban J connectivity index is 1.85. The van der Waals surface area contributed by atoms with Gasteiger partial charge in [-0.3, -0.25) is 0 Å². The normalized spacial score (nSPS) is 20.3. The van der Waals surface area contributed by atoms with E-state index in [0.29, 0.717) is 11.8 Å². The summed E-state index contributed by atoms with van der Waals surface area (Å²) in [5.41, 5.74) is 3.46. The number of piperidine rings is 1. The lowest BCUT2D eigenvalue weighted by atomic mass is 9.86. The van der Waals surface area contributed by atoms with E-state index in [9.17, 15) is 8.42 Å². The summed E-state index contributed by atoms with van der Waals surface area (Å²) in [5, 5.41) is 3.39. The fourth-order valence-corrected chi connectivity index (χ4v) is 5.15. The largest absolute Gasteiger partial charge is 0.317 e. The highest BCUT2D eigenvalue weighted by atomic mass is 32.2. The number of nitrogens with one attached hydrogen (secondary N) is 2. The summed E-state index contributed by atoms with van der Waals surface area (Å²) in [5.74, 6) is 0.998. The van der Waals surface area contributed by atoms with Gasteiger partial charge in [-0.25, -0.2) is 13.1 Å². The third kappa shape index (κ3) is 4.38. The third-order valence-corrected chi connectivity index (χ3v) is 6.79. The Morgan fingerprint density at radius 3 is 2.46 bits per heavy atom. The lowest BCUT2D eigenvalue weighted by Crippen LogP contribution is -2.40. The standard InChI is InChI=1S/C19H30N2O2S/c1-14(2)16-6-7-19(15-8-10-20-11-9-15)17(12-16)13-24(22,23)21-18-4-3-5-18/h6-7,12,14-15,18,20-21H,3-5,8-11,13H2,1-2H3. The van der Waals surface area contributed by atoms with Crippen molar-refractivity contribution in [2.24, 2.45) is 0 Å². The van der Waals surface area contributed by atoms with Crippen LogP contribution in [-0.2, 0) is 15.8 Å². The van der Waals surface area contributed by atoms with Crippen molar-refractivity contribution >= 4 is 10.0 Å². The summed E-state index contributed by atoms with van der Waals surface area (Å²) in [7, 11) is -3.26. The van der Waals surface area contributed by atoms with Crippen LogP contribution in [-0.4, -0.2) is 27.5 Å². The Labute approximate surface area is 146 Å². The van der Waals surface area contributed by atoms with Crippen molar-refractivity contribution in [1.82, 2.24) is 10.0 Å². The minimum Gasteiger partial charge on any atom is -0.317 e. The van der Waals surface area contributed by atoms with Gasteiger partial charge in [-0.2, -0.15) is 0 Å². The van der Waals surface area contributed by atoms with Gasteiger partial charge in [-0.1, -0.05) is 38.5 Å². The first-order valence-electron chi connectivity index (χ1n) is 9.28. The van der Waals surface area contributed by atoms with Gasteiger partial charge in [-0.05, 0) is 67.3 Å². The van der Waals surface area contributed by atoms with E-state index in [1.54, 1.807) is 0 Å². The molecule has 1 heterocycles. The number of benzene rings is 1. The van der Waals surface area contributed by atoms with E-state index in [0.717, 1.165) is 50.8 Å². The molecular formula is C19H30N2O2S. The molecule has 3 rings (SSSR count). The maximum absolute atomic E-state index is 12.6. The second-order valence-corrected chi connectivity index (χ2v) is 9.40. The lowest BCUT2D eigenvalue weighted by Gasteiger charge is -2.28. The zero-order chi connectivity index (χ0) is 17.2. The van der Waals surface area contributed by atoms with E-state index in [4.69, 9.17) is 0 Å². The molecule has 0 bridgehead atoms. The fraction of sp³-hybridized carbons (Fsp3) is 0.684. The molecule has 5 heteroatoms. The van der Waals surface area contributed by atoms with Crippen LogP contribution in [0.4, 0.5) is 0 Å². The molecule has 2 N–H and O–H groups in total. The van der Waals surface area contributed by atoms with Crippen LogP contribution in [0.2, 0.25) is 0 Å². The van der Waals surface area contributed by atoms with Crippen molar-refractivity contribution in [2.75, 3.05) is 13.1 Å². The second-order valence-electron chi connectivity index (χ2n) is 7.64. The molecule has 4 nitrogen and oxygen atoms in total. The van der Waals surface area contributed by atoms with Crippen molar-refractivity contribution in [3.05, 3.63) is 34.9 Å². The van der Waals surface area contributed by atoms with Gasteiger partial charge >= 0.3 is 0 Å². The van der Waals surface area contributed by atoms with Crippen LogP contribution in [0.5, 0.6) is 0 Å². The second kappa shape index (κ2) is 7.54. The van der Waals surface area contributed by atoms with Gasteiger partial charge in [0.15, 0.2) is 0 Å². The summed E-state index contributed by atoms with van der Waals surface area (Å²) in [6.45, 7) is 6.35. The smallest absolute Gasteiger partial charge is 0.216 e. The predicted molar refractivity (Wildman–Crippen MR) is 98.8 cm³/mol. The van der Waals surface area contributed by atoms with Gasteiger partial charge in [-0.15, -0.1) is 0 Å². The number of hydrogen-bond donors (Lipinski definition) is 2. The minimum atomic E-state index is -3.26. The van der Waals surface area contributed by atoms with E-state index >= 15 is 0 Å². The van der Waals surface area contributed by atoms with Crippen LogP contribution in [0.3, 0.4) is 0 Å². The fourth-order valence-electron chi connectivity index (χ4n) is 3.67. The molecule has 1 saturated heterocycles.